The van der Waals surface area contributed by atoms with Gasteiger partial charge >= 0.3 is 6.09 Å². The molecule has 2 aromatic heterocycles. The minimum Gasteiger partial charge on any atom is -0.455 e. The van der Waals surface area contributed by atoms with Crippen LogP contribution in [0, 0.1) is 17.0 Å². The van der Waals surface area contributed by atoms with Gasteiger partial charge in [0.1, 0.15) is 11.5 Å². The van der Waals surface area contributed by atoms with Gasteiger partial charge in [-0.25, -0.2) is 4.79 Å². The third-order valence-electron chi connectivity index (χ3n) is 3.13. The number of carbonyl (C=O) groups excluding carboxylic acids is 1. The smallest absolute Gasteiger partial charge is 0.417 e. The van der Waals surface area contributed by atoms with Gasteiger partial charge in [0.15, 0.2) is 5.06 Å². The Labute approximate surface area is 152 Å². The van der Waals surface area contributed by atoms with Crippen molar-refractivity contribution in [3.63, 3.8) is 0 Å². The second kappa shape index (κ2) is 7.62. The standard InChI is InChI=1S/C17H13N3O5S/c1-11-4-5-16(26-11)25-17(21)19-12-7-13(20(22)23)9-15(8-12)24-14-3-2-6-18-10-14/h2-10H,1H3,(H,19,21). The van der Waals surface area contributed by atoms with Crippen LogP contribution in [0.25, 0.3) is 0 Å². The molecule has 2 heterocycles. The number of nitrogens with one attached hydrogen (secondary N) is 1. The summed E-state index contributed by atoms with van der Waals surface area (Å²) < 4.78 is 10.7. The molecular weight excluding hydrogens is 358 g/mol. The van der Waals surface area contributed by atoms with E-state index in [1.54, 1.807) is 24.4 Å². The summed E-state index contributed by atoms with van der Waals surface area (Å²) in [5.41, 5.74) is -0.0509. The number of pyridine rings is 1. The van der Waals surface area contributed by atoms with E-state index in [9.17, 15) is 14.9 Å². The number of nitro groups is 1. The summed E-state index contributed by atoms with van der Waals surface area (Å²) in [6.45, 7) is 1.89. The molecule has 26 heavy (non-hydrogen) atoms. The molecule has 1 aromatic carbocycles. The van der Waals surface area contributed by atoms with Gasteiger partial charge in [0.2, 0.25) is 0 Å². The molecule has 0 aliphatic heterocycles. The van der Waals surface area contributed by atoms with Crippen molar-refractivity contribution in [1.29, 1.82) is 0 Å². The maximum Gasteiger partial charge on any atom is 0.417 e. The van der Waals surface area contributed by atoms with Crippen LogP contribution in [0.4, 0.5) is 16.2 Å². The third kappa shape index (κ3) is 4.54. The highest BCUT2D eigenvalue weighted by Gasteiger charge is 2.14. The number of anilines is 1. The first-order chi connectivity index (χ1) is 12.5. The molecule has 0 bridgehead atoms. The van der Waals surface area contributed by atoms with E-state index in [0.717, 1.165) is 4.88 Å². The minimum absolute atomic E-state index is 0.177. The van der Waals surface area contributed by atoms with Gasteiger partial charge in [0, 0.05) is 23.2 Å². The average Bonchev–Trinajstić information content (AvgIpc) is 3.00. The number of benzene rings is 1. The molecule has 0 saturated heterocycles. The van der Waals surface area contributed by atoms with Gasteiger partial charge in [-0.1, -0.05) is 0 Å². The fraction of sp³-hybridized carbons (Fsp3) is 0.0588. The highest BCUT2D eigenvalue weighted by molar-refractivity contribution is 7.13. The first-order valence-electron chi connectivity index (χ1n) is 7.42. The van der Waals surface area contributed by atoms with Crippen molar-refractivity contribution in [2.45, 2.75) is 6.92 Å². The van der Waals surface area contributed by atoms with Crippen LogP contribution in [0.1, 0.15) is 4.88 Å². The van der Waals surface area contributed by atoms with E-state index in [2.05, 4.69) is 10.3 Å². The van der Waals surface area contributed by atoms with Crippen molar-refractivity contribution in [3.05, 3.63) is 69.8 Å². The van der Waals surface area contributed by atoms with Gasteiger partial charge in [0.05, 0.1) is 22.9 Å². The maximum atomic E-state index is 12.0. The van der Waals surface area contributed by atoms with E-state index < -0.39 is 11.0 Å². The number of nitro benzene ring substituents is 1. The third-order valence-corrected chi connectivity index (χ3v) is 4.01. The van der Waals surface area contributed by atoms with Gasteiger partial charge in [-0.15, -0.1) is 11.3 Å². The topological polar surface area (TPSA) is 104 Å². The Morgan fingerprint density at radius 3 is 2.73 bits per heavy atom. The molecule has 132 valence electrons. The fourth-order valence-corrected chi connectivity index (χ4v) is 2.77. The van der Waals surface area contributed by atoms with Gasteiger partial charge < -0.3 is 9.47 Å². The first-order valence-corrected chi connectivity index (χ1v) is 8.24. The van der Waals surface area contributed by atoms with Gasteiger partial charge in [0.25, 0.3) is 5.69 Å². The van der Waals surface area contributed by atoms with Crippen molar-refractivity contribution in [3.8, 4) is 16.6 Å². The number of non-ortho nitro benzene ring substituents is 1. The molecular formula is C17H13N3O5S. The number of carbonyl (C=O) groups is 1. The Balaban J connectivity index is 1.79. The van der Waals surface area contributed by atoms with E-state index in [4.69, 9.17) is 9.47 Å². The highest BCUT2D eigenvalue weighted by Crippen LogP contribution is 2.30. The number of hydrogen-bond acceptors (Lipinski definition) is 7. The number of thiophene rings is 1. The molecule has 0 fully saturated rings. The number of amides is 1. The zero-order valence-electron chi connectivity index (χ0n) is 13.5. The SMILES string of the molecule is Cc1ccc(OC(=O)Nc2cc(Oc3cccnc3)cc([N+](=O)[O-])c2)s1. The first kappa shape index (κ1) is 17.4. The van der Waals surface area contributed by atoms with Crippen LogP contribution >= 0.6 is 11.3 Å². The number of ether oxygens (including phenoxy) is 2. The molecule has 9 heteroatoms. The van der Waals surface area contributed by atoms with Crippen LogP contribution in [0.15, 0.2) is 54.9 Å². The summed E-state index contributed by atoms with van der Waals surface area (Å²) in [4.78, 5) is 27.5. The number of aromatic nitrogens is 1. The van der Waals surface area contributed by atoms with Crippen molar-refractivity contribution >= 4 is 28.8 Å². The monoisotopic (exact) mass is 371 g/mol. The highest BCUT2D eigenvalue weighted by atomic mass is 32.1. The number of rotatable bonds is 5. The fourth-order valence-electron chi connectivity index (χ4n) is 2.07. The second-order valence-electron chi connectivity index (χ2n) is 5.14. The summed E-state index contributed by atoms with van der Waals surface area (Å²) in [5, 5.41) is 14.0. The lowest BCUT2D eigenvalue weighted by Crippen LogP contribution is -2.16. The molecule has 0 atom stereocenters. The van der Waals surface area contributed by atoms with E-state index in [0.29, 0.717) is 10.8 Å². The van der Waals surface area contributed by atoms with Crippen LogP contribution < -0.4 is 14.8 Å². The Morgan fingerprint density at radius 2 is 2.08 bits per heavy atom. The Morgan fingerprint density at radius 1 is 1.23 bits per heavy atom. The summed E-state index contributed by atoms with van der Waals surface area (Å²) in [6.07, 6.45) is 2.30. The summed E-state index contributed by atoms with van der Waals surface area (Å²) in [5.74, 6) is 0.602. The van der Waals surface area contributed by atoms with E-state index in [1.165, 1.54) is 35.7 Å². The second-order valence-corrected chi connectivity index (χ2v) is 6.39. The molecule has 1 N–H and O–H groups in total. The van der Waals surface area contributed by atoms with Gasteiger partial charge in [-0.05, 0) is 31.2 Å². The average molecular weight is 371 g/mol. The summed E-state index contributed by atoms with van der Waals surface area (Å²) in [7, 11) is 0. The van der Waals surface area contributed by atoms with Crippen LogP contribution in [0.5, 0.6) is 16.6 Å². The Kier molecular flexibility index (Phi) is 5.09. The largest absolute Gasteiger partial charge is 0.455 e. The zero-order valence-corrected chi connectivity index (χ0v) is 14.4. The normalized spacial score (nSPS) is 10.2. The van der Waals surface area contributed by atoms with Crippen molar-refractivity contribution in [2.75, 3.05) is 5.32 Å². The van der Waals surface area contributed by atoms with Crippen molar-refractivity contribution in [2.24, 2.45) is 0 Å². The number of hydrogen-bond donors (Lipinski definition) is 1. The maximum absolute atomic E-state index is 12.0. The minimum atomic E-state index is -0.750. The molecule has 0 saturated carbocycles. The number of aryl methyl sites for hydroxylation is 1. The zero-order chi connectivity index (χ0) is 18.5. The summed E-state index contributed by atoms with van der Waals surface area (Å²) >= 11 is 1.32. The van der Waals surface area contributed by atoms with Crippen molar-refractivity contribution in [1.82, 2.24) is 4.98 Å². The number of nitrogens with zero attached hydrogens (tertiary/aromatic N) is 2. The molecule has 0 unspecified atom stereocenters. The predicted molar refractivity (Wildman–Crippen MR) is 96.1 cm³/mol. The molecule has 0 spiro atoms. The molecule has 0 aliphatic rings. The molecule has 1 amide bonds. The van der Waals surface area contributed by atoms with Crippen LogP contribution in [0.2, 0.25) is 0 Å². The molecule has 0 radical (unpaired) electrons. The van der Waals surface area contributed by atoms with Crippen LogP contribution in [-0.2, 0) is 0 Å². The van der Waals surface area contributed by atoms with E-state index in [1.807, 2.05) is 13.0 Å². The van der Waals surface area contributed by atoms with Gasteiger partial charge in [-0.2, -0.15) is 0 Å². The van der Waals surface area contributed by atoms with Gasteiger partial charge in [-0.3, -0.25) is 20.4 Å². The van der Waals surface area contributed by atoms with Crippen LogP contribution in [-0.4, -0.2) is 16.0 Å². The van der Waals surface area contributed by atoms with E-state index in [-0.39, 0.29) is 17.1 Å². The lowest BCUT2D eigenvalue weighted by molar-refractivity contribution is -0.384. The Bertz CT molecular complexity index is 943. The van der Waals surface area contributed by atoms with Crippen molar-refractivity contribution < 1.29 is 19.2 Å². The molecule has 0 aliphatic carbocycles. The predicted octanol–water partition coefficient (Wildman–Crippen LogP) is 4.76. The quantitative estimate of drug-likeness (QED) is 0.512. The molecule has 8 nitrogen and oxygen atoms in total. The lowest BCUT2D eigenvalue weighted by Gasteiger charge is -2.09. The van der Waals surface area contributed by atoms with Crippen LogP contribution in [0.3, 0.4) is 0 Å². The Hall–Kier alpha value is -3.46. The molecule has 3 rings (SSSR count). The van der Waals surface area contributed by atoms with E-state index >= 15 is 0 Å². The summed E-state index contributed by atoms with van der Waals surface area (Å²) in [6, 6.07) is 10.8. The molecule has 3 aromatic rings. The lowest BCUT2D eigenvalue weighted by atomic mass is 10.2.